The van der Waals surface area contributed by atoms with Crippen LogP contribution in [0.3, 0.4) is 0 Å². The molecule has 3 aliphatic rings. The van der Waals surface area contributed by atoms with Crippen molar-refractivity contribution < 1.29 is 27.9 Å². The zero-order chi connectivity index (χ0) is 32.2. The van der Waals surface area contributed by atoms with Gasteiger partial charge in [0.25, 0.3) is 0 Å². The van der Waals surface area contributed by atoms with Gasteiger partial charge in [0.15, 0.2) is 23.4 Å². The highest BCUT2D eigenvalue weighted by Gasteiger charge is 2.61. The lowest BCUT2D eigenvalue weighted by atomic mass is 9.72. The van der Waals surface area contributed by atoms with Gasteiger partial charge in [0.1, 0.15) is 23.0 Å². The summed E-state index contributed by atoms with van der Waals surface area (Å²) in [5.41, 5.74) is 9.46. The molecule has 4 bridgehead atoms. The predicted octanol–water partition coefficient (Wildman–Crippen LogP) is 5.41. The number of esters is 1. The molecule has 4 N–H and O–H groups in total. The molecule has 0 radical (unpaired) electrons. The number of nitrogens with zero attached hydrogens (tertiary/aromatic N) is 2. The summed E-state index contributed by atoms with van der Waals surface area (Å²) in [4.78, 5) is 36.0. The summed E-state index contributed by atoms with van der Waals surface area (Å²) in [7, 11) is 1.33. The second-order valence-corrected chi connectivity index (χ2v) is 12.7. The summed E-state index contributed by atoms with van der Waals surface area (Å²) < 4.78 is 24.9. The van der Waals surface area contributed by atoms with Gasteiger partial charge in [0.05, 0.1) is 13.2 Å². The van der Waals surface area contributed by atoms with E-state index in [0.29, 0.717) is 35.8 Å². The number of nitrogens with one attached hydrogen (secondary N) is 2. The van der Waals surface area contributed by atoms with Crippen LogP contribution in [0.1, 0.15) is 97.1 Å². The molecule has 240 valence electrons. The van der Waals surface area contributed by atoms with Crippen LogP contribution in [0.5, 0.6) is 5.75 Å². The molecule has 0 saturated carbocycles. The highest BCUT2D eigenvalue weighted by atomic mass is 16.5. The van der Waals surface area contributed by atoms with Gasteiger partial charge in [-0.3, -0.25) is 4.79 Å². The van der Waals surface area contributed by atoms with Crippen LogP contribution in [0, 0.1) is 5.92 Å². The maximum atomic E-state index is 13.4. The Hall–Kier alpha value is -4.64. The summed E-state index contributed by atoms with van der Waals surface area (Å²) >= 11 is 0. The molecule has 4 aromatic rings. The lowest BCUT2D eigenvalue weighted by molar-refractivity contribution is -0.123. The van der Waals surface area contributed by atoms with E-state index in [4.69, 9.17) is 34.0 Å². The Morgan fingerprint density at radius 1 is 1.09 bits per heavy atom. The number of anilines is 1. The monoisotopic (exact) mass is 625 g/mol. The maximum Gasteiger partial charge on any atom is 0.360 e. The van der Waals surface area contributed by atoms with Crippen LogP contribution < -0.4 is 21.1 Å². The quantitative estimate of drug-likeness (QED) is 0.171. The second kappa shape index (κ2) is 11.6. The molecule has 2 aromatic heterocycles. The third-order valence-electron chi connectivity index (χ3n) is 9.31. The number of ether oxygens (including phenoxy) is 2. The molecule has 11 heteroatoms. The molecule has 3 aliphatic heterocycles. The predicted molar refractivity (Wildman–Crippen MR) is 169 cm³/mol. The molecule has 1 amide bonds. The number of carbonyl (C=O) groups excluding carboxylic acids is 2. The van der Waals surface area contributed by atoms with Crippen LogP contribution in [0.2, 0.25) is 0 Å². The molecule has 0 saturated heterocycles. The third kappa shape index (κ3) is 4.67. The van der Waals surface area contributed by atoms with Crippen LogP contribution >= 0.6 is 0 Å². The average Bonchev–Trinajstić information content (AvgIpc) is 3.80. The maximum absolute atomic E-state index is 13.4. The highest BCUT2D eigenvalue weighted by molar-refractivity contribution is 5.89. The Morgan fingerprint density at radius 3 is 2.70 bits per heavy atom. The minimum Gasteiger partial charge on any atom is -0.469 e. The number of carbonyl (C=O) groups is 2. The lowest BCUT2D eigenvalue weighted by Crippen LogP contribution is -2.45. The number of fused-ring (bicyclic) bond motifs is 4. The Kier molecular flexibility index (Phi) is 7.59. The van der Waals surface area contributed by atoms with Gasteiger partial charge < -0.3 is 34.7 Å². The summed E-state index contributed by atoms with van der Waals surface area (Å²) in [6, 6.07) is 12.5. The van der Waals surface area contributed by atoms with E-state index >= 15 is 0 Å². The third-order valence-corrected chi connectivity index (χ3v) is 9.31. The normalized spacial score (nSPS) is 22.7. The van der Waals surface area contributed by atoms with Crippen molar-refractivity contribution >= 4 is 17.6 Å². The van der Waals surface area contributed by atoms with Gasteiger partial charge in [-0.2, -0.15) is 0 Å². The van der Waals surface area contributed by atoms with E-state index in [-0.39, 0.29) is 29.3 Å². The molecule has 2 aromatic carbocycles. The Balaban J connectivity index is 1.50. The Labute approximate surface area is 267 Å². The van der Waals surface area contributed by atoms with Crippen molar-refractivity contribution in [3.05, 3.63) is 82.3 Å². The fourth-order valence-corrected chi connectivity index (χ4v) is 6.95. The Morgan fingerprint density at radius 2 is 1.91 bits per heavy atom. The lowest BCUT2D eigenvalue weighted by Gasteiger charge is -2.28. The molecule has 4 atom stereocenters. The number of methoxy groups -OCH3 is 1. The SMILES string of the molecule is CCCCCCc1oc(-c2nc3oc2C24c5ccccc5NC2Oc2ccc(cc24)C[C@H](N)C(=O)N[C@H]3C(C)C)nc1C(=O)OC. The van der Waals surface area contributed by atoms with Crippen molar-refractivity contribution in [1.82, 2.24) is 15.3 Å². The topological polar surface area (TPSA) is 155 Å². The van der Waals surface area contributed by atoms with Gasteiger partial charge in [-0.15, -0.1) is 0 Å². The molecule has 7 rings (SSSR count). The zero-order valence-corrected chi connectivity index (χ0v) is 26.5. The smallest absolute Gasteiger partial charge is 0.360 e. The van der Waals surface area contributed by atoms with Crippen LogP contribution in [-0.2, 0) is 27.8 Å². The number of amides is 1. The van der Waals surface area contributed by atoms with E-state index < -0.39 is 29.7 Å². The van der Waals surface area contributed by atoms with E-state index in [1.165, 1.54) is 7.11 Å². The summed E-state index contributed by atoms with van der Waals surface area (Å²) in [6.45, 7) is 6.11. The molecule has 2 unspecified atom stereocenters. The molecule has 11 nitrogen and oxygen atoms in total. The average molecular weight is 626 g/mol. The van der Waals surface area contributed by atoms with Crippen molar-refractivity contribution in [1.29, 1.82) is 0 Å². The summed E-state index contributed by atoms with van der Waals surface area (Å²) in [5, 5.41) is 6.64. The van der Waals surface area contributed by atoms with Crippen molar-refractivity contribution in [2.45, 2.75) is 83.0 Å². The van der Waals surface area contributed by atoms with Crippen molar-refractivity contribution in [3.8, 4) is 17.3 Å². The first-order chi connectivity index (χ1) is 22.3. The summed E-state index contributed by atoms with van der Waals surface area (Å²) in [6.07, 6.45) is 4.26. The van der Waals surface area contributed by atoms with Gasteiger partial charge in [-0.05, 0) is 42.0 Å². The molecular formula is C35H39N5O6. The van der Waals surface area contributed by atoms with Gasteiger partial charge in [-0.1, -0.05) is 70.4 Å². The number of para-hydroxylation sites is 1. The standard InChI is InChI=1S/C35H39N5O6/c1-5-6-7-8-13-25-27(33(42)43-4)39-32(44-25)28-29-35-20-11-9-10-12-23(20)37-34(35)45-24-15-14-19(16-21(24)35)17-22(36)30(41)38-26(18(2)3)31(40-28)46-29/h9-12,14-16,18,22,26,34,37H,5-8,13,17,36H2,1-4H3,(H,38,41)/t22-,26-,34?,35?/m0/s1. The van der Waals surface area contributed by atoms with Gasteiger partial charge in [0.2, 0.25) is 17.7 Å². The summed E-state index contributed by atoms with van der Waals surface area (Å²) in [5.74, 6) is 0.991. The number of benzene rings is 2. The second-order valence-electron chi connectivity index (χ2n) is 12.7. The van der Waals surface area contributed by atoms with E-state index in [9.17, 15) is 9.59 Å². The number of aromatic nitrogens is 2. The van der Waals surface area contributed by atoms with Crippen molar-refractivity contribution in [2.24, 2.45) is 11.7 Å². The number of hydrogen-bond donors (Lipinski definition) is 3. The highest BCUT2D eigenvalue weighted by Crippen LogP contribution is 2.59. The number of aryl methyl sites for hydroxylation is 1. The zero-order valence-electron chi connectivity index (χ0n) is 26.5. The first-order valence-electron chi connectivity index (χ1n) is 16.1. The fraction of sp³-hybridized carbons (Fsp3) is 0.429. The molecule has 0 aliphatic carbocycles. The van der Waals surface area contributed by atoms with Crippen molar-refractivity contribution in [2.75, 3.05) is 12.4 Å². The first kappa shape index (κ1) is 30.0. The first-order valence-corrected chi connectivity index (χ1v) is 16.1. The van der Waals surface area contributed by atoms with Gasteiger partial charge in [-0.25, -0.2) is 14.8 Å². The van der Waals surface area contributed by atoms with E-state index in [0.717, 1.165) is 48.1 Å². The molecular weight excluding hydrogens is 586 g/mol. The number of unbranched alkanes of at least 4 members (excludes halogenated alkanes) is 3. The van der Waals surface area contributed by atoms with Crippen LogP contribution in [0.25, 0.3) is 11.6 Å². The minimum absolute atomic E-state index is 0.0988. The number of hydrogen-bond acceptors (Lipinski definition) is 10. The van der Waals surface area contributed by atoms with E-state index in [1.54, 1.807) is 0 Å². The largest absolute Gasteiger partial charge is 0.469 e. The molecule has 0 fully saturated rings. The minimum atomic E-state index is -1.00. The van der Waals surface area contributed by atoms with Crippen molar-refractivity contribution in [3.63, 3.8) is 0 Å². The molecule has 46 heavy (non-hydrogen) atoms. The van der Waals surface area contributed by atoms with E-state index in [1.807, 2.05) is 56.3 Å². The van der Waals surface area contributed by atoms with E-state index in [2.05, 4.69) is 17.6 Å². The molecule has 5 heterocycles. The Bertz CT molecular complexity index is 1810. The van der Waals surface area contributed by atoms with Gasteiger partial charge in [0, 0.05) is 17.7 Å². The number of oxazole rings is 2. The van der Waals surface area contributed by atoms with Crippen LogP contribution in [0.4, 0.5) is 5.69 Å². The number of rotatable bonds is 8. The molecule has 1 spiro atoms. The fourth-order valence-electron chi connectivity index (χ4n) is 6.95. The number of nitrogens with two attached hydrogens (primary N) is 1. The van der Waals surface area contributed by atoms with Crippen LogP contribution in [0.15, 0.2) is 51.3 Å². The van der Waals surface area contributed by atoms with Gasteiger partial charge >= 0.3 is 5.97 Å². The van der Waals surface area contributed by atoms with Crippen LogP contribution in [-0.4, -0.2) is 41.2 Å².